The van der Waals surface area contributed by atoms with Crippen LogP contribution in [-0.4, -0.2) is 17.1 Å². The minimum Gasteiger partial charge on any atom is -0.368 e. The topological polar surface area (TPSA) is 50.9 Å². The Morgan fingerprint density at radius 2 is 2.14 bits per heavy atom. The van der Waals surface area contributed by atoms with Gasteiger partial charge < -0.3 is 11.1 Å². The minimum absolute atomic E-state index is 0.225. The van der Waals surface area contributed by atoms with Gasteiger partial charge in [-0.1, -0.05) is 6.07 Å². The predicted molar refractivity (Wildman–Crippen MR) is 60.3 cm³/mol. The summed E-state index contributed by atoms with van der Waals surface area (Å²) in [5, 5.41) is 3.31. The number of hydrogen-bond donors (Lipinski definition) is 2. The van der Waals surface area contributed by atoms with E-state index in [0.29, 0.717) is 6.04 Å². The second-order valence-corrected chi connectivity index (χ2v) is 3.98. The van der Waals surface area contributed by atoms with E-state index in [0.717, 1.165) is 12.2 Å². The summed E-state index contributed by atoms with van der Waals surface area (Å²) in [6, 6.07) is 4.63. The summed E-state index contributed by atoms with van der Waals surface area (Å²) >= 11 is 0. The van der Waals surface area contributed by atoms with Gasteiger partial charge in [0.15, 0.2) is 0 Å². The Bertz CT molecular complexity index is 266. The number of nitrogens with zero attached hydrogens (tertiary/aromatic N) is 1. The van der Waals surface area contributed by atoms with Gasteiger partial charge in [-0.25, -0.2) is 4.98 Å². The molecule has 0 amide bonds. The molecule has 3 N–H and O–H groups in total. The Balaban J connectivity index is 2.47. The molecule has 0 aliphatic carbocycles. The fourth-order valence-corrected chi connectivity index (χ4v) is 1.42. The Kier molecular flexibility index (Phi) is 3.89. The summed E-state index contributed by atoms with van der Waals surface area (Å²) in [6.45, 7) is 6.16. The van der Waals surface area contributed by atoms with Crippen molar-refractivity contribution in [1.29, 1.82) is 0 Å². The SMILES string of the molecule is Cc1ccc(NC(C)CC(C)N)nc1. The van der Waals surface area contributed by atoms with E-state index in [4.69, 9.17) is 5.73 Å². The first-order valence-electron chi connectivity index (χ1n) is 5.02. The third kappa shape index (κ3) is 3.75. The van der Waals surface area contributed by atoms with E-state index < -0.39 is 0 Å². The van der Waals surface area contributed by atoms with Crippen LogP contribution < -0.4 is 11.1 Å². The van der Waals surface area contributed by atoms with E-state index in [2.05, 4.69) is 17.2 Å². The lowest BCUT2D eigenvalue weighted by Gasteiger charge is -2.16. The third-order valence-electron chi connectivity index (χ3n) is 2.03. The molecule has 3 nitrogen and oxygen atoms in total. The molecular formula is C11H19N3. The fraction of sp³-hybridized carbons (Fsp3) is 0.545. The van der Waals surface area contributed by atoms with Gasteiger partial charge in [0.25, 0.3) is 0 Å². The van der Waals surface area contributed by atoms with Crippen LogP contribution in [-0.2, 0) is 0 Å². The molecule has 14 heavy (non-hydrogen) atoms. The van der Waals surface area contributed by atoms with Crippen LogP contribution in [0.5, 0.6) is 0 Å². The number of aryl methyl sites for hydroxylation is 1. The average Bonchev–Trinajstić information content (AvgIpc) is 2.07. The quantitative estimate of drug-likeness (QED) is 0.768. The number of pyridine rings is 1. The van der Waals surface area contributed by atoms with E-state index in [1.54, 1.807) is 0 Å². The molecule has 3 heteroatoms. The number of rotatable bonds is 4. The van der Waals surface area contributed by atoms with Gasteiger partial charge in [0.05, 0.1) is 0 Å². The molecule has 0 saturated carbocycles. The van der Waals surface area contributed by atoms with Crippen LogP contribution in [0.15, 0.2) is 18.3 Å². The van der Waals surface area contributed by atoms with Crippen molar-refractivity contribution < 1.29 is 0 Å². The number of anilines is 1. The van der Waals surface area contributed by atoms with Crippen molar-refractivity contribution in [1.82, 2.24) is 4.98 Å². The standard InChI is InChI=1S/C11H19N3/c1-8-4-5-11(13-7-8)14-10(3)6-9(2)12/h4-5,7,9-10H,6,12H2,1-3H3,(H,13,14). The van der Waals surface area contributed by atoms with Gasteiger partial charge in [0.1, 0.15) is 5.82 Å². The summed E-state index contributed by atoms with van der Waals surface area (Å²) in [7, 11) is 0. The highest BCUT2D eigenvalue weighted by atomic mass is 15.0. The molecule has 78 valence electrons. The largest absolute Gasteiger partial charge is 0.368 e. The maximum absolute atomic E-state index is 5.71. The van der Waals surface area contributed by atoms with E-state index in [-0.39, 0.29) is 6.04 Å². The molecule has 0 radical (unpaired) electrons. The molecule has 1 rings (SSSR count). The van der Waals surface area contributed by atoms with Crippen LogP contribution in [0.2, 0.25) is 0 Å². The predicted octanol–water partition coefficient (Wildman–Crippen LogP) is 1.93. The van der Waals surface area contributed by atoms with Crippen LogP contribution in [0, 0.1) is 6.92 Å². The summed E-state index contributed by atoms with van der Waals surface area (Å²) in [5.74, 6) is 0.920. The zero-order valence-electron chi connectivity index (χ0n) is 9.12. The molecule has 2 unspecified atom stereocenters. The van der Waals surface area contributed by atoms with Gasteiger partial charge in [-0.2, -0.15) is 0 Å². The zero-order valence-corrected chi connectivity index (χ0v) is 9.12. The lowest BCUT2D eigenvalue weighted by atomic mass is 10.1. The van der Waals surface area contributed by atoms with Crippen LogP contribution in [0.25, 0.3) is 0 Å². The van der Waals surface area contributed by atoms with Crippen molar-refractivity contribution in [2.24, 2.45) is 5.73 Å². The smallest absolute Gasteiger partial charge is 0.126 e. The average molecular weight is 193 g/mol. The maximum Gasteiger partial charge on any atom is 0.126 e. The minimum atomic E-state index is 0.225. The van der Waals surface area contributed by atoms with Crippen molar-refractivity contribution in [2.45, 2.75) is 39.3 Å². The number of hydrogen-bond acceptors (Lipinski definition) is 3. The highest BCUT2D eigenvalue weighted by Gasteiger charge is 2.04. The van der Waals surface area contributed by atoms with Crippen molar-refractivity contribution in [3.05, 3.63) is 23.9 Å². The molecule has 0 aliphatic heterocycles. The van der Waals surface area contributed by atoms with Crippen molar-refractivity contribution >= 4 is 5.82 Å². The van der Waals surface area contributed by atoms with E-state index in [1.165, 1.54) is 5.56 Å². The van der Waals surface area contributed by atoms with E-state index in [1.807, 2.05) is 32.2 Å². The fourth-order valence-electron chi connectivity index (χ4n) is 1.42. The van der Waals surface area contributed by atoms with Crippen molar-refractivity contribution in [2.75, 3.05) is 5.32 Å². The van der Waals surface area contributed by atoms with Crippen LogP contribution in [0.1, 0.15) is 25.8 Å². The van der Waals surface area contributed by atoms with Gasteiger partial charge in [-0.05, 0) is 38.8 Å². The molecule has 0 aliphatic rings. The normalized spacial score (nSPS) is 14.9. The summed E-state index contributed by atoms with van der Waals surface area (Å²) in [5.41, 5.74) is 6.89. The molecule has 1 heterocycles. The van der Waals surface area contributed by atoms with Gasteiger partial charge in [0, 0.05) is 18.3 Å². The third-order valence-corrected chi connectivity index (χ3v) is 2.03. The van der Waals surface area contributed by atoms with Crippen LogP contribution in [0.4, 0.5) is 5.82 Å². The van der Waals surface area contributed by atoms with Crippen LogP contribution >= 0.6 is 0 Å². The highest BCUT2D eigenvalue weighted by Crippen LogP contribution is 2.07. The second-order valence-electron chi connectivity index (χ2n) is 3.98. The molecule has 0 spiro atoms. The summed E-state index contributed by atoms with van der Waals surface area (Å²) in [6.07, 6.45) is 2.82. The number of aromatic nitrogens is 1. The Morgan fingerprint density at radius 1 is 1.43 bits per heavy atom. The van der Waals surface area contributed by atoms with Crippen molar-refractivity contribution in [3.63, 3.8) is 0 Å². The maximum atomic E-state index is 5.71. The molecule has 1 aromatic rings. The zero-order chi connectivity index (χ0) is 10.6. The van der Waals surface area contributed by atoms with Gasteiger partial charge in [-0.3, -0.25) is 0 Å². The first kappa shape index (κ1) is 11.0. The first-order valence-corrected chi connectivity index (χ1v) is 5.02. The summed E-state index contributed by atoms with van der Waals surface area (Å²) < 4.78 is 0. The molecule has 0 saturated heterocycles. The Morgan fingerprint density at radius 3 is 2.64 bits per heavy atom. The van der Waals surface area contributed by atoms with Gasteiger partial charge >= 0.3 is 0 Å². The number of nitrogens with two attached hydrogens (primary N) is 1. The molecule has 0 bridgehead atoms. The van der Waals surface area contributed by atoms with E-state index in [9.17, 15) is 0 Å². The van der Waals surface area contributed by atoms with Crippen molar-refractivity contribution in [3.8, 4) is 0 Å². The van der Waals surface area contributed by atoms with Gasteiger partial charge in [0.2, 0.25) is 0 Å². The lowest BCUT2D eigenvalue weighted by molar-refractivity contribution is 0.603. The monoisotopic (exact) mass is 193 g/mol. The first-order chi connectivity index (χ1) is 6.58. The van der Waals surface area contributed by atoms with Gasteiger partial charge in [-0.15, -0.1) is 0 Å². The second kappa shape index (κ2) is 4.96. The Hall–Kier alpha value is -1.09. The van der Waals surface area contributed by atoms with Crippen LogP contribution in [0.3, 0.4) is 0 Å². The lowest BCUT2D eigenvalue weighted by Crippen LogP contribution is -2.26. The molecule has 0 aromatic carbocycles. The molecule has 2 atom stereocenters. The molecule has 1 aromatic heterocycles. The summed E-state index contributed by atoms with van der Waals surface area (Å²) in [4.78, 5) is 4.27. The molecule has 0 fully saturated rings. The number of nitrogens with one attached hydrogen (secondary N) is 1. The highest BCUT2D eigenvalue weighted by molar-refractivity contribution is 5.36. The van der Waals surface area contributed by atoms with E-state index >= 15 is 0 Å². The Labute approximate surface area is 85.7 Å². The molecular weight excluding hydrogens is 174 g/mol.